The summed E-state index contributed by atoms with van der Waals surface area (Å²) in [5, 5.41) is 7.87. The Hall–Kier alpha value is -2.67. The lowest BCUT2D eigenvalue weighted by atomic mass is 10.2. The first-order chi connectivity index (χ1) is 12.5. The Bertz CT molecular complexity index is 873. The third-order valence-electron chi connectivity index (χ3n) is 3.35. The smallest absolute Gasteiger partial charge is 0.338 e. The first-order valence-electron chi connectivity index (χ1n) is 8.03. The summed E-state index contributed by atoms with van der Waals surface area (Å²) < 4.78 is 17.2. The summed E-state index contributed by atoms with van der Waals surface area (Å²) in [7, 11) is 0. The monoisotopic (exact) mass is 416 g/mol. The summed E-state index contributed by atoms with van der Waals surface area (Å²) in [5.74, 6) is 0.840. The molecule has 0 aliphatic rings. The van der Waals surface area contributed by atoms with Crippen molar-refractivity contribution in [1.29, 1.82) is 0 Å². The van der Waals surface area contributed by atoms with Crippen molar-refractivity contribution in [2.45, 2.75) is 26.6 Å². The molecule has 26 heavy (non-hydrogen) atoms. The van der Waals surface area contributed by atoms with E-state index in [1.54, 1.807) is 24.3 Å². The molecule has 3 aromatic rings. The summed E-state index contributed by atoms with van der Waals surface area (Å²) in [6, 6.07) is 14.2. The van der Waals surface area contributed by atoms with E-state index in [0.717, 1.165) is 10.0 Å². The average Bonchev–Trinajstić information content (AvgIpc) is 3.09. The lowest BCUT2D eigenvalue weighted by molar-refractivity contribution is 0.0438. The molecule has 1 aromatic heterocycles. The number of hydrogen-bond donors (Lipinski definition) is 0. The van der Waals surface area contributed by atoms with Crippen molar-refractivity contribution in [3.8, 4) is 17.2 Å². The molecule has 0 unspecified atom stereocenters. The molecule has 0 spiro atoms. The van der Waals surface area contributed by atoms with Gasteiger partial charge < -0.3 is 13.9 Å². The molecule has 0 radical (unpaired) electrons. The van der Waals surface area contributed by atoms with Crippen LogP contribution in [0.2, 0.25) is 0 Å². The highest BCUT2D eigenvalue weighted by molar-refractivity contribution is 9.10. The van der Waals surface area contributed by atoms with Gasteiger partial charge in [0.25, 0.3) is 5.89 Å². The van der Waals surface area contributed by atoms with Gasteiger partial charge in [-0.2, -0.15) is 0 Å². The van der Waals surface area contributed by atoms with Crippen molar-refractivity contribution < 1.29 is 18.7 Å². The minimum atomic E-state index is -0.468. The van der Waals surface area contributed by atoms with Gasteiger partial charge >= 0.3 is 5.97 Å². The second-order valence-corrected chi connectivity index (χ2v) is 6.69. The molecule has 1 heterocycles. The zero-order chi connectivity index (χ0) is 18.5. The van der Waals surface area contributed by atoms with Crippen LogP contribution in [0.1, 0.15) is 30.1 Å². The molecule has 0 fully saturated rings. The quantitative estimate of drug-likeness (QED) is 0.544. The number of nitrogens with zero attached hydrogens (tertiary/aromatic N) is 2. The molecule has 0 N–H and O–H groups in total. The van der Waals surface area contributed by atoms with E-state index < -0.39 is 5.97 Å². The van der Waals surface area contributed by atoms with Gasteiger partial charge in [-0.3, -0.25) is 0 Å². The highest BCUT2D eigenvalue weighted by Crippen LogP contribution is 2.21. The van der Waals surface area contributed by atoms with Gasteiger partial charge in [-0.1, -0.05) is 15.9 Å². The van der Waals surface area contributed by atoms with Gasteiger partial charge in [-0.15, -0.1) is 10.2 Å². The van der Waals surface area contributed by atoms with Gasteiger partial charge in [-0.25, -0.2) is 4.79 Å². The molecule has 134 valence electrons. The van der Waals surface area contributed by atoms with Crippen molar-refractivity contribution in [3.63, 3.8) is 0 Å². The van der Waals surface area contributed by atoms with Crippen molar-refractivity contribution in [3.05, 3.63) is 64.5 Å². The van der Waals surface area contributed by atoms with Gasteiger partial charge in [-0.05, 0) is 62.4 Å². The topological polar surface area (TPSA) is 74.5 Å². The van der Waals surface area contributed by atoms with Crippen molar-refractivity contribution in [2.75, 3.05) is 0 Å². The molecular formula is C19H17BrN2O4. The largest absolute Gasteiger partial charge is 0.491 e. The predicted molar refractivity (Wildman–Crippen MR) is 98.8 cm³/mol. The van der Waals surface area contributed by atoms with Crippen molar-refractivity contribution in [1.82, 2.24) is 10.2 Å². The van der Waals surface area contributed by atoms with E-state index in [9.17, 15) is 4.79 Å². The number of carbonyl (C=O) groups excluding carboxylic acids is 1. The van der Waals surface area contributed by atoms with E-state index in [1.165, 1.54) is 0 Å². The van der Waals surface area contributed by atoms with Crippen LogP contribution in [0.4, 0.5) is 0 Å². The normalized spacial score (nSPS) is 10.8. The molecule has 0 amide bonds. The SMILES string of the molecule is CC(C)Oc1ccc(C(=O)OCc2nnc(-c3ccc(Br)cc3)o2)cc1. The molecule has 0 aliphatic heterocycles. The number of hydrogen-bond acceptors (Lipinski definition) is 6. The third-order valence-corrected chi connectivity index (χ3v) is 3.88. The number of carbonyl (C=O) groups is 1. The van der Waals surface area contributed by atoms with E-state index in [4.69, 9.17) is 13.9 Å². The van der Waals surface area contributed by atoms with E-state index >= 15 is 0 Å². The van der Waals surface area contributed by atoms with Gasteiger partial charge in [0.2, 0.25) is 5.89 Å². The Labute approximate surface area is 159 Å². The summed E-state index contributed by atoms with van der Waals surface area (Å²) in [5.41, 5.74) is 1.22. The van der Waals surface area contributed by atoms with Crippen molar-refractivity contribution in [2.24, 2.45) is 0 Å². The Morgan fingerprint density at radius 1 is 1.08 bits per heavy atom. The fourth-order valence-corrected chi connectivity index (χ4v) is 2.44. The van der Waals surface area contributed by atoms with Crippen LogP contribution in [0, 0.1) is 0 Å². The second-order valence-electron chi connectivity index (χ2n) is 5.77. The highest BCUT2D eigenvalue weighted by Gasteiger charge is 2.12. The summed E-state index contributed by atoms with van der Waals surface area (Å²) in [6.45, 7) is 3.79. The first-order valence-corrected chi connectivity index (χ1v) is 8.83. The number of benzene rings is 2. The maximum Gasteiger partial charge on any atom is 0.338 e. The Kier molecular flexibility index (Phi) is 5.68. The molecule has 0 saturated heterocycles. The fraction of sp³-hybridized carbons (Fsp3) is 0.211. The van der Waals surface area contributed by atoms with E-state index in [1.807, 2.05) is 38.1 Å². The summed E-state index contributed by atoms with van der Waals surface area (Å²) in [6.07, 6.45) is 0.0743. The Balaban J connectivity index is 1.58. The molecule has 6 nitrogen and oxygen atoms in total. The maximum absolute atomic E-state index is 12.1. The van der Waals surface area contributed by atoms with Crippen LogP contribution in [0.5, 0.6) is 5.75 Å². The first kappa shape index (κ1) is 18.1. The second kappa shape index (κ2) is 8.14. The lowest BCUT2D eigenvalue weighted by Crippen LogP contribution is -2.07. The van der Waals surface area contributed by atoms with Crippen LogP contribution in [0.3, 0.4) is 0 Å². The van der Waals surface area contributed by atoms with Crippen molar-refractivity contribution >= 4 is 21.9 Å². The predicted octanol–water partition coefficient (Wildman–Crippen LogP) is 4.64. The fourth-order valence-electron chi connectivity index (χ4n) is 2.17. The van der Waals surface area contributed by atoms with Gasteiger partial charge in [0.15, 0.2) is 6.61 Å². The maximum atomic E-state index is 12.1. The number of rotatable bonds is 6. The number of ether oxygens (including phenoxy) is 2. The van der Waals surface area contributed by atoms with Crippen LogP contribution < -0.4 is 4.74 Å². The molecule has 0 atom stereocenters. The van der Waals surface area contributed by atoms with Crippen LogP contribution in [0.25, 0.3) is 11.5 Å². The molecule has 7 heteroatoms. The third kappa shape index (κ3) is 4.70. The summed E-state index contributed by atoms with van der Waals surface area (Å²) >= 11 is 3.37. The average molecular weight is 417 g/mol. The minimum Gasteiger partial charge on any atom is -0.491 e. The number of esters is 1. The van der Waals surface area contributed by atoms with Crippen LogP contribution in [-0.2, 0) is 11.3 Å². The Morgan fingerprint density at radius 3 is 2.42 bits per heavy atom. The number of aromatic nitrogens is 2. The molecule has 2 aromatic carbocycles. The van der Waals surface area contributed by atoms with Gasteiger partial charge in [0.1, 0.15) is 5.75 Å². The zero-order valence-corrected chi connectivity index (χ0v) is 15.9. The zero-order valence-electron chi connectivity index (χ0n) is 14.3. The highest BCUT2D eigenvalue weighted by atomic mass is 79.9. The lowest BCUT2D eigenvalue weighted by Gasteiger charge is -2.09. The van der Waals surface area contributed by atoms with E-state index in [2.05, 4.69) is 26.1 Å². The summed E-state index contributed by atoms with van der Waals surface area (Å²) in [4.78, 5) is 12.1. The molecule has 0 saturated carbocycles. The minimum absolute atomic E-state index is 0.0743. The standard InChI is InChI=1S/C19H17BrN2O4/c1-12(2)25-16-9-5-14(6-10-16)19(23)24-11-17-21-22-18(26-17)13-3-7-15(20)8-4-13/h3-10,12H,11H2,1-2H3. The van der Waals surface area contributed by atoms with E-state index in [0.29, 0.717) is 17.2 Å². The Morgan fingerprint density at radius 2 is 1.77 bits per heavy atom. The van der Waals surface area contributed by atoms with Crippen LogP contribution in [-0.4, -0.2) is 22.3 Å². The number of halogens is 1. The molecule has 3 rings (SSSR count). The molecular weight excluding hydrogens is 400 g/mol. The van der Waals surface area contributed by atoms with Crippen LogP contribution in [0.15, 0.2) is 57.4 Å². The van der Waals surface area contributed by atoms with Crippen LogP contribution >= 0.6 is 15.9 Å². The molecule has 0 bridgehead atoms. The molecule has 0 aliphatic carbocycles. The van der Waals surface area contributed by atoms with E-state index in [-0.39, 0.29) is 18.6 Å². The van der Waals surface area contributed by atoms with Gasteiger partial charge in [0, 0.05) is 10.0 Å². The van der Waals surface area contributed by atoms with Gasteiger partial charge in [0.05, 0.1) is 11.7 Å².